The molecule has 0 bridgehead atoms. The third-order valence-corrected chi connectivity index (χ3v) is 5.61. The first kappa shape index (κ1) is 18.4. The van der Waals surface area contributed by atoms with Gasteiger partial charge in [0.1, 0.15) is 5.69 Å². The first-order chi connectivity index (χ1) is 12.3. The summed E-state index contributed by atoms with van der Waals surface area (Å²) < 4.78 is 5.30. The molecule has 1 saturated heterocycles. The van der Waals surface area contributed by atoms with Crippen molar-refractivity contribution in [3.8, 4) is 11.3 Å². The average Bonchev–Trinajstić information content (AvgIpc) is 3.13. The fraction of sp³-hybridized carbons (Fsp3) is 0.412. The lowest BCUT2D eigenvalue weighted by atomic mass is 10.1. The molecule has 3 heterocycles. The van der Waals surface area contributed by atoms with Crippen molar-refractivity contribution in [2.75, 3.05) is 39.3 Å². The summed E-state index contributed by atoms with van der Waals surface area (Å²) in [5, 5.41) is 7.36. The van der Waals surface area contributed by atoms with Crippen molar-refractivity contribution in [2.45, 2.75) is 10.6 Å². The van der Waals surface area contributed by atoms with E-state index in [1.54, 1.807) is 11.8 Å². The summed E-state index contributed by atoms with van der Waals surface area (Å²) in [5.74, 6) is 0.820. The van der Waals surface area contributed by atoms with Gasteiger partial charge < -0.3 is 15.4 Å². The Bertz CT molecular complexity index is 729. The number of hydrogen-bond acceptors (Lipinski definition) is 5. The number of aromatic amines is 1. The molecule has 3 N–H and O–H groups in total. The van der Waals surface area contributed by atoms with E-state index in [0.717, 1.165) is 37.4 Å². The van der Waals surface area contributed by atoms with Crippen LogP contribution in [0.5, 0.6) is 0 Å². The summed E-state index contributed by atoms with van der Waals surface area (Å²) >= 11 is 1.76. The van der Waals surface area contributed by atoms with Crippen LogP contribution < -0.4 is 5.73 Å². The zero-order chi connectivity index (χ0) is 17.6. The molecule has 0 spiro atoms. The van der Waals surface area contributed by atoms with Gasteiger partial charge in [-0.2, -0.15) is 5.10 Å². The van der Waals surface area contributed by atoms with E-state index in [2.05, 4.69) is 29.0 Å². The van der Waals surface area contributed by atoms with E-state index < -0.39 is 0 Å². The van der Waals surface area contributed by atoms with Crippen LogP contribution in [0.3, 0.4) is 0 Å². The number of hydrogen-bond donors (Lipinski definition) is 2. The van der Waals surface area contributed by atoms with Crippen molar-refractivity contribution >= 4 is 26.2 Å². The maximum Gasteiger partial charge on any atom is 0.272 e. The SMILES string of the molecule is CPCN.O=C(c1[nH]nc2c1CSc1ccccc1-2)N1CCOCC1. The van der Waals surface area contributed by atoms with Crippen molar-refractivity contribution in [3.05, 3.63) is 35.5 Å². The molecule has 1 amide bonds. The van der Waals surface area contributed by atoms with E-state index in [0.29, 0.717) is 32.0 Å². The van der Waals surface area contributed by atoms with Gasteiger partial charge in [-0.3, -0.25) is 9.89 Å². The summed E-state index contributed by atoms with van der Waals surface area (Å²) in [6, 6.07) is 8.20. The Hall–Kier alpha value is -1.40. The van der Waals surface area contributed by atoms with Gasteiger partial charge in [0.05, 0.1) is 18.9 Å². The van der Waals surface area contributed by atoms with Crippen LogP contribution in [0.25, 0.3) is 11.3 Å². The Labute approximate surface area is 153 Å². The molecule has 1 unspecified atom stereocenters. The second-order valence-corrected chi connectivity index (χ2v) is 7.81. The Kier molecular flexibility index (Phi) is 6.48. The highest BCUT2D eigenvalue weighted by atomic mass is 32.2. The maximum absolute atomic E-state index is 12.6. The first-order valence-corrected chi connectivity index (χ1v) is 11.0. The first-order valence-electron chi connectivity index (χ1n) is 8.27. The van der Waals surface area contributed by atoms with E-state index in [4.69, 9.17) is 10.5 Å². The predicted octanol–water partition coefficient (Wildman–Crippen LogP) is 2.37. The van der Waals surface area contributed by atoms with E-state index in [9.17, 15) is 4.79 Å². The van der Waals surface area contributed by atoms with Crippen molar-refractivity contribution in [2.24, 2.45) is 5.73 Å². The van der Waals surface area contributed by atoms with E-state index in [1.807, 2.05) is 17.0 Å². The molecular formula is C17H23N4O2PS. The zero-order valence-corrected chi connectivity index (χ0v) is 16.1. The van der Waals surface area contributed by atoms with Gasteiger partial charge in [0, 0.05) is 41.2 Å². The Morgan fingerprint density at radius 3 is 2.84 bits per heavy atom. The third kappa shape index (κ3) is 4.06. The minimum atomic E-state index is 0.0343. The summed E-state index contributed by atoms with van der Waals surface area (Å²) in [7, 11) is 0.918. The molecule has 134 valence electrons. The smallest absolute Gasteiger partial charge is 0.272 e. The Balaban J connectivity index is 0.000000415. The molecule has 1 aromatic heterocycles. The molecule has 0 saturated carbocycles. The molecule has 6 nitrogen and oxygen atoms in total. The number of nitrogens with zero attached hydrogens (tertiary/aromatic N) is 2. The van der Waals surface area contributed by atoms with Gasteiger partial charge in [0.15, 0.2) is 0 Å². The normalized spacial score (nSPS) is 16.2. The molecule has 1 aromatic carbocycles. The number of thioether (sulfide) groups is 1. The lowest BCUT2D eigenvalue weighted by molar-refractivity contribution is 0.0298. The highest BCUT2D eigenvalue weighted by molar-refractivity contribution is 7.98. The van der Waals surface area contributed by atoms with E-state index in [-0.39, 0.29) is 5.91 Å². The minimum Gasteiger partial charge on any atom is -0.378 e. The van der Waals surface area contributed by atoms with Crippen molar-refractivity contribution in [1.29, 1.82) is 0 Å². The molecule has 4 rings (SSSR count). The molecular weight excluding hydrogens is 355 g/mol. The van der Waals surface area contributed by atoms with Gasteiger partial charge in [-0.25, -0.2) is 0 Å². The largest absolute Gasteiger partial charge is 0.378 e. The van der Waals surface area contributed by atoms with Crippen LogP contribution >= 0.6 is 20.3 Å². The number of carbonyl (C=O) groups excluding carboxylic acids is 1. The van der Waals surface area contributed by atoms with Gasteiger partial charge in [0.2, 0.25) is 0 Å². The number of rotatable bonds is 2. The number of benzene rings is 1. The van der Waals surface area contributed by atoms with Crippen LogP contribution in [-0.4, -0.2) is 60.3 Å². The molecule has 1 atom stereocenters. The molecule has 2 aliphatic rings. The number of nitrogens with one attached hydrogen (secondary N) is 1. The quantitative estimate of drug-likeness (QED) is 0.784. The molecule has 25 heavy (non-hydrogen) atoms. The highest BCUT2D eigenvalue weighted by Crippen LogP contribution is 2.41. The molecule has 1 fully saturated rings. The van der Waals surface area contributed by atoms with Crippen LogP contribution in [-0.2, 0) is 10.5 Å². The Morgan fingerprint density at radius 2 is 2.12 bits per heavy atom. The monoisotopic (exact) mass is 378 g/mol. The van der Waals surface area contributed by atoms with Gasteiger partial charge in [-0.15, -0.1) is 20.3 Å². The third-order valence-electron chi connectivity index (χ3n) is 4.10. The van der Waals surface area contributed by atoms with Crippen LogP contribution in [0.2, 0.25) is 0 Å². The second kappa shape index (κ2) is 8.81. The average molecular weight is 378 g/mol. The molecule has 2 aliphatic heterocycles. The molecule has 2 aromatic rings. The summed E-state index contributed by atoms with van der Waals surface area (Å²) in [6.45, 7) is 4.60. The summed E-state index contributed by atoms with van der Waals surface area (Å²) in [5.41, 5.74) is 8.73. The van der Waals surface area contributed by atoms with Crippen molar-refractivity contribution in [3.63, 3.8) is 0 Å². The molecule has 0 radical (unpaired) electrons. The minimum absolute atomic E-state index is 0.0343. The molecule has 0 aliphatic carbocycles. The van der Waals surface area contributed by atoms with Gasteiger partial charge in [-0.05, 0) is 12.7 Å². The number of morpholine rings is 1. The van der Waals surface area contributed by atoms with Gasteiger partial charge in [-0.1, -0.05) is 18.2 Å². The lowest BCUT2D eigenvalue weighted by Gasteiger charge is -2.26. The van der Waals surface area contributed by atoms with Crippen LogP contribution in [0.1, 0.15) is 16.1 Å². The fourth-order valence-electron chi connectivity index (χ4n) is 2.77. The summed E-state index contributed by atoms with van der Waals surface area (Å²) in [4.78, 5) is 15.7. The number of aromatic nitrogens is 2. The number of carbonyl (C=O) groups is 1. The number of ether oxygens (including phenoxy) is 1. The van der Waals surface area contributed by atoms with Crippen molar-refractivity contribution in [1.82, 2.24) is 15.1 Å². The Morgan fingerprint density at radius 1 is 1.40 bits per heavy atom. The number of H-pyrrole nitrogens is 1. The molecule has 8 heteroatoms. The van der Waals surface area contributed by atoms with Crippen LogP contribution in [0.4, 0.5) is 0 Å². The number of amides is 1. The van der Waals surface area contributed by atoms with Crippen molar-refractivity contribution < 1.29 is 9.53 Å². The topological polar surface area (TPSA) is 84.2 Å². The fourth-order valence-corrected chi connectivity index (χ4v) is 3.84. The van der Waals surface area contributed by atoms with E-state index in [1.165, 1.54) is 4.90 Å². The number of nitrogens with two attached hydrogens (primary N) is 1. The maximum atomic E-state index is 12.6. The van der Waals surface area contributed by atoms with Crippen LogP contribution in [0, 0.1) is 0 Å². The van der Waals surface area contributed by atoms with Gasteiger partial charge in [0.25, 0.3) is 5.91 Å². The van der Waals surface area contributed by atoms with Gasteiger partial charge >= 0.3 is 0 Å². The zero-order valence-electron chi connectivity index (χ0n) is 14.2. The predicted molar refractivity (Wildman–Crippen MR) is 104 cm³/mol. The standard InChI is InChI=1S/C15H15N3O2S.C2H8NP/c19-15(18-5-7-20-8-6-18)14-11-9-21-12-4-2-1-3-10(12)13(11)16-17-14;1-4-2-3/h1-4H,5-9H2,(H,16,17);4H,2-3H2,1H3. The highest BCUT2D eigenvalue weighted by Gasteiger charge is 2.28. The number of fused-ring (bicyclic) bond motifs is 3. The van der Waals surface area contributed by atoms with E-state index >= 15 is 0 Å². The second-order valence-electron chi connectivity index (χ2n) is 5.67. The van der Waals surface area contributed by atoms with Crippen LogP contribution in [0.15, 0.2) is 29.2 Å². The lowest BCUT2D eigenvalue weighted by Crippen LogP contribution is -2.41. The summed E-state index contributed by atoms with van der Waals surface area (Å²) in [6.07, 6.45) is 0.847.